The first-order valence-corrected chi connectivity index (χ1v) is 6.03. The molecule has 4 heteroatoms. The molecule has 2 aliphatic heterocycles. The number of piperazine rings is 1. The maximum Gasteiger partial charge on any atom is 0.227 e. The Labute approximate surface area is 91.6 Å². The molecule has 4 nitrogen and oxygen atoms in total. The van der Waals surface area contributed by atoms with Crippen LogP contribution in [-0.4, -0.2) is 61.5 Å². The molecule has 2 heterocycles. The summed E-state index contributed by atoms with van der Waals surface area (Å²) in [6.45, 7) is 9.10. The molecule has 0 spiro atoms. The minimum Gasteiger partial charge on any atom is -0.340 e. The summed E-state index contributed by atoms with van der Waals surface area (Å²) in [5.74, 6) is 0.619. The minimum atomic E-state index is 0.248. The number of nitrogens with one attached hydrogen (secondary N) is 1. The molecule has 0 radical (unpaired) electrons. The van der Waals surface area contributed by atoms with Crippen LogP contribution in [0.4, 0.5) is 0 Å². The Balaban J connectivity index is 1.81. The number of nitrogens with zero attached hydrogens (tertiary/aromatic N) is 2. The molecule has 1 atom stereocenters. The summed E-state index contributed by atoms with van der Waals surface area (Å²) >= 11 is 0. The Morgan fingerprint density at radius 2 is 2.07 bits per heavy atom. The van der Waals surface area contributed by atoms with Crippen LogP contribution in [0.2, 0.25) is 0 Å². The van der Waals surface area contributed by atoms with Gasteiger partial charge in [-0.05, 0) is 19.5 Å². The molecule has 2 aliphatic rings. The average Bonchev–Trinajstić information content (AvgIpc) is 2.82. The van der Waals surface area contributed by atoms with E-state index in [4.69, 9.17) is 0 Å². The molecule has 0 aliphatic carbocycles. The van der Waals surface area contributed by atoms with E-state index in [1.165, 1.54) is 0 Å². The van der Waals surface area contributed by atoms with Gasteiger partial charge in [-0.2, -0.15) is 0 Å². The Morgan fingerprint density at radius 3 is 2.60 bits per heavy atom. The molecule has 0 aromatic rings. The topological polar surface area (TPSA) is 35.6 Å². The molecule has 1 amide bonds. The smallest absolute Gasteiger partial charge is 0.227 e. The van der Waals surface area contributed by atoms with Gasteiger partial charge in [0.2, 0.25) is 5.91 Å². The van der Waals surface area contributed by atoms with Crippen LogP contribution in [0.1, 0.15) is 13.3 Å². The van der Waals surface area contributed by atoms with Crippen molar-refractivity contribution >= 4 is 5.91 Å². The van der Waals surface area contributed by atoms with Gasteiger partial charge in [-0.25, -0.2) is 0 Å². The Kier molecular flexibility index (Phi) is 3.59. The standard InChI is InChI=1S/C11H21N3O/c1-2-13-5-7-14(8-6-13)11(15)10-3-4-12-9-10/h10,12H,2-9H2,1H3. The van der Waals surface area contributed by atoms with Crippen molar-refractivity contribution in [2.24, 2.45) is 5.92 Å². The van der Waals surface area contributed by atoms with Gasteiger partial charge in [0.05, 0.1) is 5.92 Å². The molecule has 2 fully saturated rings. The van der Waals surface area contributed by atoms with Crippen LogP contribution >= 0.6 is 0 Å². The summed E-state index contributed by atoms with van der Waals surface area (Å²) in [4.78, 5) is 16.5. The molecule has 1 N–H and O–H groups in total. The van der Waals surface area contributed by atoms with Gasteiger partial charge in [0, 0.05) is 32.7 Å². The molecule has 0 aromatic carbocycles. The molecule has 0 bridgehead atoms. The van der Waals surface area contributed by atoms with Crippen molar-refractivity contribution in [1.82, 2.24) is 15.1 Å². The molecule has 0 saturated carbocycles. The highest BCUT2D eigenvalue weighted by Gasteiger charge is 2.28. The zero-order valence-electron chi connectivity index (χ0n) is 9.54. The van der Waals surface area contributed by atoms with E-state index >= 15 is 0 Å². The van der Waals surface area contributed by atoms with Crippen molar-refractivity contribution in [2.45, 2.75) is 13.3 Å². The van der Waals surface area contributed by atoms with Crippen LogP contribution in [-0.2, 0) is 4.79 Å². The fourth-order valence-electron chi connectivity index (χ4n) is 2.41. The number of rotatable bonds is 2. The highest BCUT2D eigenvalue weighted by atomic mass is 16.2. The molecule has 86 valence electrons. The van der Waals surface area contributed by atoms with Gasteiger partial charge in [-0.3, -0.25) is 4.79 Å². The molecule has 2 saturated heterocycles. The molecular weight excluding hydrogens is 190 g/mol. The third kappa shape index (κ3) is 2.49. The maximum absolute atomic E-state index is 12.1. The fourth-order valence-corrected chi connectivity index (χ4v) is 2.41. The molecule has 1 unspecified atom stereocenters. The van der Waals surface area contributed by atoms with Gasteiger partial charge >= 0.3 is 0 Å². The van der Waals surface area contributed by atoms with Crippen LogP contribution in [0.15, 0.2) is 0 Å². The van der Waals surface area contributed by atoms with E-state index in [2.05, 4.69) is 17.1 Å². The minimum absolute atomic E-state index is 0.248. The van der Waals surface area contributed by atoms with Crippen LogP contribution in [0.3, 0.4) is 0 Å². The highest BCUT2D eigenvalue weighted by Crippen LogP contribution is 2.13. The first-order chi connectivity index (χ1) is 7.31. The largest absolute Gasteiger partial charge is 0.340 e. The van der Waals surface area contributed by atoms with E-state index in [1.807, 2.05) is 4.90 Å². The lowest BCUT2D eigenvalue weighted by atomic mass is 10.1. The lowest BCUT2D eigenvalue weighted by molar-refractivity contribution is -0.136. The Bertz CT molecular complexity index is 218. The first-order valence-electron chi connectivity index (χ1n) is 6.03. The number of hydrogen-bond donors (Lipinski definition) is 1. The second-order valence-corrected chi connectivity index (χ2v) is 4.45. The summed E-state index contributed by atoms with van der Waals surface area (Å²) in [6, 6.07) is 0. The summed E-state index contributed by atoms with van der Waals surface area (Å²) in [7, 11) is 0. The zero-order chi connectivity index (χ0) is 10.7. The predicted octanol–water partition coefficient (Wildman–Crippen LogP) is -0.240. The number of likely N-dealkylation sites (N-methyl/N-ethyl adjacent to an activating group) is 1. The summed E-state index contributed by atoms with van der Waals surface area (Å²) < 4.78 is 0. The van der Waals surface area contributed by atoms with E-state index < -0.39 is 0 Å². The summed E-state index contributed by atoms with van der Waals surface area (Å²) in [5.41, 5.74) is 0. The number of carbonyl (C=O) groups is 1. The van der Waals surface area contributed by atoms with E-state index in [0.717, 1.165) is 52.2 Å². The van der Waals surface area contributed by atoms with E-state index in [9.17, 15) is 4.79 Å². The van der Waals surface area contributed by atoms with Gasteiger partial charge in [-0.15, -0.1) is 0 Å². The van der Waals surface area contributed by atoms with Crippen molar-refractivity contribution in [1.29, 1.82) is 0 Å². The van der Waals surface area contributed by atoms with Crippen molar-refractivity contribution in [3.8, 4) is 0 Å². The fraction of sp³-hybridized carbons (Fsp3) is 0.909. The summed E-state index contributed by atoms with van der Waals surface area (Å²) in [5, 5.41) is 3.25. The molecule has 15 heavy (non-hydrogen) atoms. The lowest BCUT2D eigenvalue weighted by Gasteiger charge is -2.35. The maximum atomic E-state index is 12.1. The van der Waals surface area contributed by atoms with E-state index in [0.29, 0.717) is 5.91 Å². The number of hydrogen-bond acceptors (Lipinski definition) is 3. The second kappa shape index (κ2) is 4.94. The van der Waals surface area contributed by atoms with Gasteiger partial charge < -0.3 is 15.1 Å². The molecular formula is C11H21N3O. The van der Waals surface area contributed by atoms with Crippen molar-refractivity contribution in [2.75, 3.05) is 45.8 Å². The van der Waals surface area contributed by atoms with E-state index in [-0.39, 0.29) is 5.92 Å². The second-order valence-electron chi connectivity index (χ2n) is 4.45. The SMILES string of the molecule is CCN1CCN(C(=O)C2CCNC2)CC1. The van der Waals surface area contributed by atoms with Crippen LogP contribution in [0.25, 0.3) is 0 Å². The van der Waals surface area contributed by atoms with E-state index in [1.54, 1.807) is 0 Å². The average molecular weight is 211 g/mol. The summed E-state index contributed by atoms with van der Waals surface area (Å²) in [6.07, 6.45) is 1.02. The third-order valence-electron chi connectivity index (χ3n) is 3.54. The predicted molar refractivity (Wildman–Crippen MR) is 59.7 cm³/mol. The number of amides is 1. The van der Waals surface area contributed by atoms with Gasteiger partial charge in [0.25, 0.3) is 0 Å². The van der Waals surface area contributed by atoms with Gasteiger partial charge in [-0.1, -0.05) is 6.92 Å². The first kappa shape index (κ1) is 10.9. The van der Waals surface area contributed by atoms with Crippen molar-refractivity contribution in [3.05, 3.63) is 0 Å². The van der Waals surface area contributed by atoms with Gasteiger partial charge in [0.1, 0.15) is 0 Å². The van der Waals surface area contributed by atoms with Gasteiger partial charge in [0.15, 0.2) is 0 Å². The normalized spacial score (nSPS) is 28.3. The quantitative estimate of drug-likeness (QED) is 0.685. The monoisotopic (exact) mass is 211 g/mol. The highest BCUT2D eigenvalue weighted by molar-refractivity contribution is 5.79. The van der Waals surface area contributed by atoms with Crippen LogP contribution in [0.5, 0.6) is 0 Å². The lowest BCUT2D eigenvalue weighted by Crippen LogP contribution is -2.50. The third-order valence-corrected chi connectivity index (χ3v) is 3.54. The zero-order valence-corrected chi connectivity index (χ0v) is 9.54. The molecule has 0 aromatic heterocycles. The molecule has 2 rings (SSSR count). The Morgan fingerprint density at radius 1 is 1.33 bits per heavy atom. The van der Waals surface area contributed by atoms with Crippen LogP contribution in [0, 0.1) is 5.92 Å². The Hall–Kier alpha value is -0.610. The van der Waals surface area contributed by atoms with Crippen LogP contribution < -0.4 is 5.32 Å². The van der Waals surface area contributed by atoms with Crippen molar-refractivity contribution in [3.63, 3.8) is 0 Å². The van der Waals surface area contributed by atoms with Crippen molar-refractivity contribution < 1.29 is 4.79 Å². The number of carbonyl (C=O) groups excluding carboxylic acids is 1.